The molecule has 0 saturated heterocycles. The fraction of sp³-hybridized carbons (Fsp3) is 0.600. The van der Waals surface area contributed by atoms with E-state index in [1.807, 2.05) is 0 Å². The third-order valence-corrected chi connectivity index (χ3v) is 2.24. The van der Waals surface area contributed by atoms with Gasteiger partial charge in [0, 0.05) is 6.42 Å². The van der Waals surface area contributed by atoms with E-state index in [-0.39, 0.29) is 6.42 Å². The lowest BCUT2D eigenvalue weighted by molar-refractivity contribution is -0.137. The molecule has 0 aromatic rings. The zero-order chi connectivity index (χ0) is 7.98. The van der Waals surface area contributed by atoms with Crippen LogP contribution in [-0.4, -0.2) is 20.4 Å². The number of aliphatic carboxylic acids is 1. The maximum Gasteiger partial charge on any atom is 0.303 e. The van der Waals surface area contributed by atoms with E-state index < -0.39 is 5.97 Å². The lowest BCUT2D eigenvalue weighted by Crippen LogP contribution is -1.95. The van der Waals surface area contributed by atoms with Gasteiger partial charge in [-0.15, -0.1) is 24.4 Å². The average molecular weight is 196 g/mol. The molecule has 1 N–H and O–H groups in total. The second kappa shape index (κ2) is 6.00. The van der Waals surface area contributed by atoms with E-state index in [0.29, 0.717) is 9.95 Å². The molecule has 0 spiro atoms. The van der Waals surface area contributed by atoms with Crippen LogP contribution in [0.1, 0.15) is 12.8 Å². The number of hydrogen-bond acceptors (Lipinski definition) is 3. The Kier molecular flexibility index (Phi) is 6.16. The monoisotopic (exact) mass is 196 g/mol. The molecule has 10 heavy (non-hydrogen) atoms. The van der Waals surface area contributed by atoms with Crippen molar-refractivity contribution in [2.24, 2.45) is 0 Å². The molecule has 0 fully saturated rings. The van der Waals surface area contributed by atoms with Crippen molar-refractivity contribution >= 4 is 46.1 Å². The van der Waals surface area contributed by atoms with Gasteiger partial charge in [-0.05, 0) is 12.2 Å². The molecule has 58 valence electrons. The van der Waals surface area contributed by atoms with Crippen molar-refractivity contribution in [1.29, 1.82) is 0 Å². The lowest BCUT2D eigenvalue weighted by atomic mass is 10.3. The maximum atomic E-state index is 9.98. The highest BCUT2D eigenvalue weighted by Crippen LogP contribution is 2.09. The largest absolute Gasteiger partial charge is 0.481 e. The van der Waals surface area contributed by atoms with Crippen molar-refractivity contribution in [3.63, 3.8) is 0 Å². The van der Waals surface area contributed by atoms with Crippen molar-refractivity contribution in [3.8, 4) is 0 Å². The van der Waals surface area contributed by atoms with Gasteiger partial charge in [0.05, 0.1) is 0 Å². The van der Waals surface area contributed by atoms with Crippen LogP contribution >= 0.6 is 36.6 Å². The minimum atomic E-state index is -0.759. The molecule has 0 aromatic heterocycles. The number of carboxylic acids is 1. The van der Waals surface area contributed by atoms with Crippen molar-refractivity contribution in [3.05, 3.63) is 0 Å². The highest BCUT2D eigenvalue weighted by atomic mass is 32.2. The van der Waals surface area contributed by atoms with Crippen LogP contribution in [0.2, 0.25) is 0 Å². The maximum absolute atomic E-state index is 9.98. The van der Waals surface area contributed by atoms with Gasteiger partial charge in [-0.2, -0.15) is 0 Å². The van der Waals surface area contributed by atoms with Gasteiger partial charge >= 0.3 is 5.97 Å². The molecule has 0 rings (SSSR count). The van der Waals surface area contributed by atoms with Crippen molar-refractivity contribution in [2.75, 3.05) is 5.75 Å². The Morgan fingerprint density at radius 2 is 2.30 bits per heavy atom. The SMILES string of the molecule is O=C(O)CCCSC(=S)S. The van der Waals surface area contributed by atoms with Crippen LogP contribution in [0.25, 0.3) is 0 Å². The minimum absolute atomic E-state index is 0.212. The zero-order valence-electron chi connectivity index (χ0n) is 5.24. The van der Waals surface area contributed by atoms with Crippen LogP contribution in [0.3, 0.4) is 0 Å². The summed E-state index contributed by atoms with van der Waals surface area (Å²) in [5.74, 6) is -0.0140. The molecule has 5 heteroatoms. The Balaban J connectivity index is 3.06. The molecule has 0 bridgehead atoms. The van der Waals surface area contributed by atoms with Gasteiger partial charge < -0.3 is 5.11 Å². The quantitative estimate of drug-likeness (QED) is 0.408. The van der Waals surface area contributed by atoms with Crippen LogP contribution in [-0.2, 0) is 4.79 Å². The van der Waals surface area contributed by atoms with Gasteiger partial charge in [-0.25, -0.2) is 0 Å². The first-order valence-electron chi connectivity index (χ1n) is 2.70. The summed E-state index contributed by atoms with van der Waals surface area (Å²) in [5.41, 5.74) is 0. The molecule has 0 aliphatic rings. The lowest BCUT2D eigenvalue weighted by Gasteiger charge is -1.94. The number of thiocarbonyl (C=S) groups is 1. The molecular formula is C5H8O2S3. The number of thiol groups is 1. The predicted molar refractivity (Wildman–Crippen MR) is 50.9 cm³/mol. The molecule has 0 saturated carbocycles. The molecular weight excluding hydrogens is 188 g/mol. The fourth-order valence-corrected chi connectivity index (χ4v) is 1.37. The summed E-state index contributed by atoms with van der Waals surface area (Å²) >= 11 is 9.93. The number of thioether (sulfide) groups is 1. The van der Waals surface area contributed by atoms with Gasteiger partial charge in [0.25, 0.3) is 0 Å². The van der Waals surface area contributed by atoms with Gasteiger partial charge in [0.2, 0.25) is 0 Å². The summed E-state index contributed by atoms with van der Waals surface area (Å²) in [6, 6.07) is 0. The Morgan fingerprint density at radius 3 is 2.70 bits per heavy atom. The summed E-state index contributed by atoms with van der Waals surface area (Å²) in [6.07, 6.45) is 0.865. The van der Waals surface area contributed by atoms with Crippen LogP contribution in [0.5, 0.6) is 0 Å². The average Bonchev–Trinajstić information content (AvgIpc) is 1.79. The second-order valence-electron chi connectivity index (χ2n) is 1.61. The van der Waals surface area contributed by atoms with Gasteiger partial charge in [-0.1, -0.05) is 12.2 Å². The number of carbonyl (C=O) groups is 1. The van der Waals surface area contributed by atoms with Crippen molar-refractivity contribution in [1.82, 2.24) is 0 Å². The Morgan fingerprint density at radius 1 is 1.70 bits per heavy atom. The Labute approximate surface area is 74.8 Å². The molecule has 2 nitrogen and oxygen atoms in total. The number of rotatable bonds is 4. The molecule has 0 aliphatic heterocycles. The number of carboxylic acid groups (broad SMARTS) is 1. The highest BCUT2D eigenvalue weighted by molar-refractivity contribution is 8.41. The highest BCUT2D eigenvalue weighted by Gasteiger charge is 1.96. The van der Waals surface area contributed by atoms with Crippen LogP contribution < -0.4 is 0 Å². The predicted octanol–water partition coefficient (Wildman–Crippen LogP) is 1.80. The van der Waals surface area contributed by atoms with E-state index in [9.17, 15) is 4.79 Å². The molecule has 0 aliphatic carbocycles. The van der Waals surface area contributed by atoms with Crippen LogP contribution in [0.4, 0.5) is 0 Å². The first-order valence-corrected chi connectivity index (χ1v) is 4.54. The van der Waals surface area contributed by atoms with E-state index in [1.54, 1.807) is 0 Å². The smallest absolute Gasteiger partial charge is 0.303 e. The Hall–Kier alpha value is 0.260. The number of hydrogen-bond donors (Lipinski definition) is 2. The van der Waals surface area contributed by atoms with Crippen LogP contribution in [0, 0.1) is 0 Å². The first-order chi connectivity index (χ1) is 4.63. The van der Waals surface area contributed by atoms with Crippen molar-refractivity contribution < 1.29 is 9.90 Å². The first kappa shape index (κ1) is 10.3. The normalized spacial score (nSPS) is 9.30. The van der Waals surface area contributed by atoms with E-state index in [1.165, 1.54) is 11.8 Å². The van der Waals surface area contributed by atoms with E-state index >= 15 is 0 Å². The molecule has 0 amide bonds. The van der Waals surface area contributed by atoms with Crippen LogP contribution in [0.15, 0.2) is 0 Å². The van der Waals surface area contributed by atoms with E-state index in [4.69, 9.17) is 5.11 Å². The van der Waals surface area contributed by atoms with Gasteiger partial charge in [0.1, 0.15) is 3.53 Å². The Bertz CT molecular complexity index is 119. The summed E-state index contributed by atoms with van der Waals surface area (Å²) < 4.78 is 0.574. The topological polar surface area (TPSA) is 37.3 Å². The molecule has 0 radical (unpaired) electrons. The molecule has 0 atom stereocenters. The summed E-state index contributed by atoms with van der Waals surface area (Å²) in [4.78, 5) is 9.98. The standard InChI is InChI=1S/C5H8O2S3/c6-4(7)2-1-3-10-5(8)9/h1-3H2,(H,6,7)(H,8,9). The second-order valence-corrected chi connectivity index (χ2v) is 4.44. The third kappa shape index (κ3) is 8.26. The third-order valence-electron chi connectivity index (χ3n) is 0.761. The summed E-state index contributed by atoms with van der Waals surface area (Å²) in [6.45, 7) is 0. The summed E-state index contributed by atoms with van der Waals surface area (Å²) in [7, 11) is 0. The van der Waals surface area contributed by atoms with E-state index in [2.05, 4.69) is 24.8 Å². The van der Waals surface area contributed by atoms with Crippen molar-refractivity contribution in [2.45, 2.75) is 12.8 Å². The van der Waals surface area contributed by atoms with Gasteiger partial charge in [-0.3, -0.25) is 4.79 Å². The fourth-order valence-electron chi connectivity index (χ4n) is 0.383. The molecule has 0 aromatic carbocycles. The molecule has 0 unspecified atom stereocenters. The van der Waals surface area contributed by atoms with Gasteiger partial charge in [0.15, 0.2) is 0 Å². The minimum Gasteiger partial charge on any atom is -0.481 e. The summed E-state index contributed by atoms with van der Waals surface area (Å²) in [5, 5.41) is 8.22. The molecule has 0 heterocycles. The van der Waals surface area contributed by atoms with E-state index in [0.717, 1.165) is 5.75 Å². The zero-order valence-corrected chi connectivity index (χ0v) is 7.77.